The van der Waals surface area contributed by atoms with E-state index in [1.54, 1.807) is 0 Å². The number of carbonyl (C=O) groups is 1. The SMILES string of the molecule is CCn1c(COc2c(C)cccc2C)nnc1SCC(=O)Nc1cccc(C)c1C. The van der Waals surface area contributed by atoms with E-state index in [2.05, 4.69) is 15.5 Å². The normalized spacial score (nSPS) is 10.8. The number of carbonyl (C=O) groups excluding carboxylic acids is 1. The number of amides is 1. The molecule has 0 saturated carbocycles. The van der Waals surface area contributed by atoms with E-state index >= 15 is 0 Å². The van der Waals surface area contributed by atoms with Crippen LogP contribution in [0.1, 0.15) is 35.0 Å². The molecule has 1 heterocycles. The van der Waals surface area contributed by atoms with Gasteiger partial charge < -0.3 is 14.6 Å². The molecule has 6 nitrogen and oxygen atoms in total. The lowest BCUT2D eigenvalue weighted by molar-refractivity contribution is -0.113. The molecule has 3 rings (SSSR count). The Bertz CT molecular complexity index is 1030. The first-order valence-electron chi connectivity index (χ1n) is 10.0. The molecule has 0 spiro atoms. The molecule has 0 aliphatic carbocycles. The second-order valence-electron chi connectivity index (χ2n) is 7.24. The summed E-state index contributed by atoms with van der Waals surface area (Å²) >= 11 is 1.38. The van der Waals surface area contributed by atoms with Gasteiger partial charge in [-0.1, -0.05) is 42.1 Å². The number of aromatic nitrogens is 3. The maximum atomic E-state index is 12.4. The molecule has 1 amide bonds. The van der Waals surface area contributed by atoms with Gasteiger partial charge in [-0.05, 0) is 62.9 Å². The number of para-hydroxylation sites is 1. The zero-order valence-electron chi connectivity index (χ0n) is 18.2. The number of thioether (sulfide) groups is 1. The summed E-state index contributed by atoms with van der Waals surface area (Å²) in [7, 11) is 0. The smallest absolute Gasteiger partial charge is 0.234 e. The van der Waals surface area contributed by atoms with E-state index in [9.17, 15) is 4.79 Å². The summed E-state index contributed by atoms with van der Waals surface area (Å²) in [5, 5.41) is 12.3. The van der Waals surface area contributed by atoms with Crippen molar-refractivity contribution in [2.75, 3.05) is 11.1 Å². The summed E-state index contributed by atoms with van der Waals surface area (Å²) in [5.41, 5.74) is 5.27. The number of aryl methyl sites for hydroxylation is 3. The van der Waals surface area contributed by atoms with E-state index in [0.29, 0.717) is 18.3 Å². The molecule has 158 valence electrons. The van der Waals surface area contributed by atoms with Gasteiger partial charge >= 0.3 is 0 Å². The van der Waals surface area contributed by atoms with Crippen LogP contribution in [0.4, 0.5) is 5.69 Å². The maximum Gasteiger partial charge on any atom is 0.234 e. The highest BCUT2D eigenvalue weighted by Gasteiger charge is 2.15. The molecule has 1 aromatic heterocycles. The molecule has 0 saturated heterocycles. The van der Waals surface area contributed by atoms with Gasteiger partial charge in [0.05, 0.1) is 5.75 Å². The highest BCUT2D eigenvalue weighted by Crippen LogP contribution is 2.24. The maximum absolute atomic E-state index is 12.4. The fourth-order valence-electron chi connectivity index (χ4n) is 3.22. The van der Waals surface area contributed by atoms with Crippen LogP contribution in [0.5, 0.6) is 5.75 Å². The summed E-state index contributed by atoms with van der Waals surface area (Å²) in [6.07, 6.45) is 0. The van der Waals surface area contributed by atoms with Crippen LogP contribution in [0.15, 0.2) is 41.6 Å². The molecule has 0 unspecified atom stereocenters. The lowest BCUT2D eigenvalue weighted by Gasteiger charge is -2.13. The first-order valence-corrected chi connectivity index (χ1v) is 11.0. The van der Waals surface area contributed by atoms with Crippen molar-refractivity contribution in [2.24, 2.45) is 0 Å². The zero-order valence-corrected chi connectivity index (χ0v) is 19.0. The molecular formula is C23H28N4O2S. The molecule has 2 aromatic carbocycles. The molecule has 1 N–H and O–H groups in total. The molecule has 0 aliphatic rings. The van der Waals surface area contributed by atoms with Crippen LogP contribution in [0, 0.1) is 27.7 Å². The molecule has 0 radical (unpaired) electrons. The fourth-order valence-corrected chi connectivity index (χ4v) is 4.04. The standard InChI is InChI=1S/C23H28N4O2S/c1-6-27-20(13-29-22-16(3)10-7-11-17(22)4)25-26-23(27)30-14-21(28)24-19-12-8-9-15(2)18(19)5/h7-12H,6,13-14H2,1-5H3,(H,24,28). The number of hydrogen-bond donors (Lipinski definition) is 1. The Kier molecular flexibility index (Phi) is 7.15. The van der Waals surface area contributed by atoms with E-state index in [4.69, 9.17) is 4.74 Å². The van der Waals surface area contributed by atoms with E-state index in [0.717, 1.165) is 39.5 Å². The predicted molar refractivity (Wildman–Crippen MR) is 121 cm³/mol. The Morgan fingerprint density at radius 1 is 1.03 bits per heavy atom. The molecule has 7 heteroatoms. The number of rotatable bonds is 8. The molecule has 0 aliphatic heterocycles. The highest BCUT2D eigenvalue weighted by atomic mass is 32.2. The number of hydrogen-bond acceptors (Lipinski definition) is 5. The molecule has 0 fully saturated rings. The zero-order chi connectivity index (χ0) is 21.7. The minimum atomic E-state index is -0.0623. The van der Waals surface area contributed by atoms with Crippen LogP contribution < -0.4 is 10.1 Å². The largest absolute Gasteiger partial charge is 0.485 e. The van der Waals surface area contributed by atoms with Gasteiger partial charge in [0.15, 0.2) is 11.0 Å². The second-order valence-corrected chi connectivity index (χ2v) is 8.18. The first-order chi connectivity index (χ1) is 14.4. The van der Waals surface area contributed by atoms with Crippen LogP contribution in [-0.4, -0.2) is 26.4 Å². The summed E-state index contributed by atoms with van der Waals surface area (Å²) in [6.45, 7) is 11.2. The van der Waals surface area contributed by atoms with Crippen LogP contribution in [0.2, 0.25) is 0 Å². The Morgan fingerprint density at radius 3 is 2.40 bits per heavy atom. The Morgan fingerprint density at radius 2 is 1.70 bits per heavy atom. The van der Waals surface area contributed by atoms with Crippen molar-refractivity contribution >= 4 is 23.4 Å². The van der Waals surface area contributed by atoms with Crippen LogP contribution in [0.25, 0.3) is 0 Å². The van der Waals surface area contributed by atoms with Gasteiger partial charge in [-0.3, -0.25) is 4.79 Å². The highest BCUT2D eigenvalue weighted by molar-refractivity contribution is 7.99. The minimum Gasteiger partial charge on any atom is -0.485 e. The Balaban J connectivity index is 1.62. The van der Waals surface area contributed by atoms with Crippen LogP contribution >= 0.6 is 11.8 Å². The summed E-state index contributed by atoms with van der Waals surface area (Å²) < 4.78 is 8.02. The topological polar surface area (TPSA) is 69.0 Å². The van der Waals surface area contributed by atoms with E-state index in [1.165, 1.54) is 11.8 Å². The molecule has 3 aromatic rings. The monoisotopic (exact) mass is 424 g/mol. The van der Waals surface area contributed by atoms with Crippen molar-refractivity contribution in [1.82, 2.24) is 14.8 Å². The lowest BCUT2D eigenvalue weighted by Crippen LogP contribution is -2.16. The number of anilines is 1. The fraction of sp³-hybridized carbons (Fsp3) is 0.348. The third-order valence-corrected chi connectivity index (χ3v) is 6.04. The van der Waals surface area contributed by atoms with Crippen molar-refractivity contribution in [2.45, 2.75) is 52.9 Å². The average molecular weight is 425 g/mol. The third-order valence-electron chi connectivity index (χ3n) is 5.08. The van der Waals surface area contributed by atoms with Crippen LogP contribution in [0.3, 0.4) is 0 Å². The number of benzene rings is 2. The van der Waals surface area contributed by atoms with Crippen LogP contribution in [-0.2, 0) is 17.9 Å². The minimum absolute atomic E-state index is 0.0623. The van der Waals surface area contributed by atoms with Crippen molar-refractivity contribution < 1.29 is 9.53 Å². The Labute approximate surface area is 182 Å². The molecular weight excluding hydrogens is 396 g/mol. The van der Waals surface area contributed by atoms with Crippen molar-refractivity contribution in [1.29, 1.82) is 0 Å². The van der Waals surface area contributed by atoms with Crippen molar-refractivity contribution in [3.8, 4) is 5.75 Å². The van der Waals surface area contributed by atoms with Gasteiger partial charge in [-0.25, -0.2) is 0 Å². The summed E-state index contributed by atoms with van der Waals surface area (Å²) in [5.74, 6) is 1.83. The van der Waals surface area contributed by atoms with E-state index in [-0.39, 0.29) is 11.7 Å². The van der Waals surface area contributed by atoms with E-state index in [1.807, 2.05) is 75.6 Å². The number of ether oxygens (including phenoxy) is 1. The summed E-state index contributed by atoms with van der Waals surface area (Å²) in [4.78, 5) is 12.4. The second kappa shape index (κ2) is 9.80. The predicted octanol–water partition coefficient (Wildman–Crippen LogP) is 4.84. The van der Waals surface area contributed by atoms with E-state index < -0.39 is 0 Å². The summed E-state index contributed by atoms with van der Waals surface area (Å²) in [6, 6.07) is 12.0. The number of nitrogens with zero attached hydrogens (tertiary/aromatic N) is 3. The van der Waals surface area contributed by atoms with Gasteiger partial charge in [0, 0.05) is 12.2 Å². The lowest BCUT2D eigenvalue weighted by atomic mass is 10.1. The third kappa shape index (κ3) is 5.02. The number of nitrogens with one attached hydrogen (secondary N) is 1. The molecule has 0 atom stereocenters. The molecule has 30 heavy (non-hydrogen) atoms. The van der Waals surface area contributed by atoms with Gasteiger partial charge in [0.25, 0.3) is 0 Å². The van der Waals surface area contributed by atoms with Gasteiger partial charge in [-0.2, -0.15) is 0 Å². The first kappa shape index (κ1) is 21.9. The average Bonchev–Trinajstić information content (AvgIpc) is 3.11. The van der Waals surface area contributed by atoms with Gasteiger partial charge in [0.2, 0.25) is 5.91 Å². The molecule has 0 bridgehead atoms. The van der Waals surface area contributed by atoms with Crippen molar-refractivity contribution in [3.63, 3.8) is 0 Å². The van der Waals surface area contributed by atoms with Gasteiger partial charge in [-0.15, -0.1) is 10.2 Å². The quantitative estimate of drug-likeness (QED) is 0.524. The van der Waals surface area contributed by atoms with Gasteiger partial charge in [0.1, 0.15) is 12.4 Å². The Hall–Kier alpha value is -2.80. The van der Waals surface area contributed by atoms with Crippen molar-refractivity contribution in [3.05, 3.63) is 64.5 Å².